The van der Waals surface area contributed by atoms with Crippen molar-refractivity contribution in [3.05, 3.63) is 64.2 Å². The number of halogens is 1. The summed E-state index contributed by atoms with van der Waals surface area (Å²) in [5.74, 6) is -0.387. The number of anilines is 1. The number of carbonyl (C=O) groups excluding carboxylic acids is 1. The molecule has 0 saturated carbocycles. The maximum absolute atomic E-state index is 12.3. The van der Waals surface area contributed by atoms with Crippen molar-refractivity contribution in [2.75, 3.05) is 5.32 Å². The molecule has 0 spiro atoms. The van der Waals surface area contributed by atoms with Crippen LogP contribution in [0.5, 0.6) is 0 Å². The van der Waals surface area contributed by atoms with Crippen LogP contribution in [0.25, 0.3) is 0 Å². The first-order valence-electron chi connectivity index (χ1n) is 6.17. The quantitative estimate of drug-likeness (QED) is 0.352. The summed E-state index contributed by atoms with van der Waals surface area (Å²) in [6.07, 6.45) is 0. The third-order valence-corrected chi connectivity index (χ3v) is 3.24. The van der Waals surface area contributed by atoms with Crippen LogP contribution in [0.1, 0.15) is 21.5 Å². The second kappa shape index (κ2) is 6.28. The second-order valence-corrected chi connectivity index (χ2v) is 4.88. The minimum atomic E-state index is -0.312. The van der Waals surface area contributed by atoms with E-state index in [-0.39, 0.29) is 11.7 Å². The summed E-state index contributed by atoms with van der Waals surface area (Å²) in [6, 6.07) is 11.9. The van der Waals surface area contributed by atoms with Gasteiger partial charge in [0.2, 0.25) is 0 Å². The van der Waals surface area contributed by atoms with E-state index in [0.717, 1.165) is 5.56 Å². The number of nitrogens with two attached hydrogens (primary N) is 1. The van der Waals surface area contributed by atoms with Crippen LogP contribution in [0.15, 0.2) is 47.6 Å². The number of aryl methyl sites for hydroxylation is 1. The van der Waals surface area contributed by atoms with Crippen LogP contribution in [0.2, 0.25) is 5.02 Å². The zero-order chi connectivity index (χ0) is 15.4. The highest BCUT2D eigenvalue weighted by atomic mass is 35.5. The fourth-order valence-corrected chi connectivity index (χ4v) is 2.07. The monoisotopic (exact) mass is 303 g/mol. The molecule has 2 aromatic rings. The number of amidine groups is 1. The molecule has 0 heterocycles. The number of rotatable bonds is 3. The summed E-state index contributed by atoms with van der Waals surface area (Å²) < 4.78 is 0. The van der Waals surface area contributed by atoms with E-state index in [0.29, 0.717) is 21.8 Å². The molecule has 2 aromatic carbocycles. The Morgan fingerprint density at radius 1 is 1.24 bits per heavy atom. The first-order valence-corrected chi connectivity index (χ1v) is 6.55. The molecule has 0 aliphatic rings. The van der Waals surface area contributed by atoms with Crippen molar-refractivity contribution in [3.8, 4) is 0 Å². The number of carbonyl (C=O) groups is 1. The van der Waals surface area contributed by atoms with Gasteiger partial charge in [0, 0.05) is 16.1 Å². The minimum Gasteiger partial charge on any atom is -0.409 e. The van der Waals surface area contributed by atoms with Crippen LogP contribution in [-0.2, 0) is 0 Å². The molecular weight excluding hydrogens is 290 g/mol. The molecule has 0 bridgehead atoms. The zero-order valence-corrected chi connectivity index (χ0v) is 12.1. The molecular formula is C15H14ClN3O2. The van der Waals surface area contributed by atoms with E-state index in [1.54, 1.807) is 42.5 Å². The molecule has 0 unspecified atom stereocenters. The molecule has 2 rings (SSSR count). The summed E-state index contributed by atoms with van der Waals surface area (Å²) in [5, 5.41) is 15.0. The largest absolute Gasteiger partial charge is 0.409 e. The number of hydrogen-bond donors (Lipinski definition) is 3. The fourth-order valence-electron chi connectivity index (χ4n) is 1.90. The topological polar surface area (TPSA) is 87.7 Å². The molecule has 0 atom stereocenters. The van der Waals surface area contributed by atoms with Gasteiger partial charge in [0.25, 0.3) is 5.91 Å². The summed E-state index contributed by atoms with van der Waals surface area (Å²) in [6.45, 7) is 1.82. The standard InChI is InChI=1S/C15H14ClN3O2/c1-9-6-7-10(16)8-12(9)15(20)18-13-5-3-2-4-11(13)14(17)19-21/h2-8,21H,1H3,(H2,17,19)(H,18,20). The Bertz CT molecular complexity index is 714. The lowest BCUT2D eigenvalue weighted by Crippen LogP contribution is -2.19. The maximum Gasteiger partial charge on any atom is 0.256 e. The van der Waals surface area contributed by atoms with Gasteiger partial charge in [-0.05, 0) is 36.8 Å². The smallest absolute Gasteiger partial charge is 0.256 e. The third-order valence-electron chi connectivity index (χ3n) is 3.00. The molecule has 0 saturated heterocycles. The Morgan fingerprint density at radius 2 is 1.95 bits per heavy atom. The molecule has 6 heteroatoms. The average Bonchev–Trinajstić information content (AvgIpc) is 2.49. The molecule has 0 radical (unpaired) electrons. The molecule has 4 N–H and O–H groups in total. The van der Waals surface area contributed by atoms with Crippen LogP contribution in [0.4, 0.5) is 5.69 Å². The summed E-state index contributed by atoms with van der Waals surface area (Å²) in [5.41, 5.74) is 7.76. The number of hydrogen-bond acceptors (Lipinski definition) is 3. The van der Waals surface area contributed by atoms with E-state index in [9.17, 15) is 4.79 Å². The van der Waals surface area contributed by atoms with E-state index in [4.69, 9.17) is 22.5 Å². The number of amides is 1. The van der Waals surface area contributed by atoms with Gasteiger partial charge in [-0.2, -0.15) is 0 Å². The summed E-state index contributed by atoms with van der Waals surface area (Å²) >= 11 is 5.92. The van der Waals surface area contributed by atoms with E-state index in [1.807, 2.05) is 6.92 Å². The van der Waals surface area contributed by atoms with Crippen molar-refractivity contribution in [2.24, 2.45) is 10.9 Å². The molecule has 0 aliphatic carbocycles. The normalized spacial score (nSPS) is 11.2. The van der Waals surface area contributed by atoms with Crippen LogP contribution in [0.3, 0.4) is 0 Å². The number of para-hydroxylation sites is 1. The second-order valence-electron chi connectivity index (χ2n) is 4.44. The number of nitrogens with one attached hydrogen (secondary N) is 1. The lowest BCUT2D eigenvalue weighted by Gasteiger charge is -2.11. The van der Waals surface area contributed by atoms with Crippen molar-refractivity contribution >= 4 is 29.0 Å². The van der Waals surface area contributed by atoms with Gasteiger partial charge in [-0.15, -0.1) is 0 Å². The first-order chi connectivity index (χ1) is 10.0. The van der Waals surface area contributed by atoms with Crippen molar-refractivity contribution in [1.82, 2.24) is 0 Å². The molecule has 0 aromatic heterocycles. The van der Waals surface area contributed by atoms with E-state index < -0.39 is 0 Å². The van der Waals surface area contributed by atoms with Gasteiger partial charge in [-0.3, -0.25) is 4.79 Å². The molecule has 108 valence electrons. The van der Waals surface area contributed by atoms with E-state index in [1.165, 1.54) is 0 Å². The number of oxime groups is 1. The predicted octanol–water partition coefficient (Wildman–Crippen LogP) is 3.00. The minimum absolute atomic E-state index is 0.0753. The Balaban J connectivity index is 2.34. The SMILES string of the molecule is Cc1ccc(Cl)cc1C(=O)Nc1ccccc1/C(N)=N/O. The Hall–Kier alpha value is -2.53. The fraction of sp³-hybridized carbons (Fsp3) is 0.0667. The van der Waals surface area contributed by atoms with Crippen LogP contribution >= 0.6 is 11.6 Å². The predicted molar refractivity (Wildman–Crippen MR) is 83.1 cm³/mol. The first kappa shape index (κ1) is 14.9. The van der Waals surface area contributed by atoms with Crippen LogP contribution in [0, 0.1) is 6.92 Å². The number of nitrogens with zero attached hydrogens (tertiary/aromatic N) is 1. The molecule has 5 nitrogen and oxygen atoms in total. The molecule has 21 heavy (non-hydrogen) atoms. The van der Waals surface area contributed by atoms with E-state index in [2.05, 4.69) is 10.5 Å². The van der Waals surface area contributed by atoms with Gasteiger partial charge in [0.15, 0.2) is 5.84 Å². The lowest BCUT2D eigenvalue weighted by molar-refractivity contribution is 0.102. The Morgan fingerprint density at radius 3 is 2.67 bits per heavy atom. The van der Waals surface area contributed by atoms with Crippen LogP contribution in [-0.4, -0.2) is 17.0 Å². The zero-order valence-electron chi connectivity index (χ0n) is 11.3. The van der Waals surface area contributed by atoms with Crippen LogP contribution < -0.4 is 11.1 Å². The van der Waals surface area contributed by atoms with Gasteiger partial charge < -0.3 is 16.3 Å². The summed E-state index contributed by atoms with van der Waals surface area (Å²) in [7, 11) is 0. The van der Waals surface area contributed by atoms with Gasteiger partial charge in [0.05, 0.1) is 5.69 Å². The Kier molecular flexibility index (Phi) is 4.45. The maximum atomic E-state index is 12.3. The highest BCUT2D eigenvalue weighted by Gasteiger charge is 2.13. The molecule has 0 aliphatic heterocycles. The van der Waals surface area contributed by atoms with Crippen molar-refractivity contribution in [1.29, 1.82) is 0 Å². The van der Waals surface area contributed by atoms with Gasteiger partial charge in [-0.1, -0.05) is 35.0 Å². The Labute approximate surface area is 127 Å². The molecule has 0 fully saturated rings. The van der Waals surface area contributed by atoms with Crippen molar-refractivity contribution in [3.63, 3.8) is 0 Å². The van der Waals surface area contributed by atoms with Crippen molar-refractivity contribution < 1.29 is 10.0 Å². The lowest BCUT2D eigenvalue weighted by atomic mass is 10.1. The van der Waals surface area contributed by atoms with E-state index >= 15 is 0 Å². The van der Waals surface area contributed by atoms with Crippen molar-refractivity contribution in [2.45, 2.75) is 6.92 Å². The van der Waals surface area contributed by atoms with Gasteiger partial charge in [0.1, 0.15) is 0 Å². The van der Waals surface area contributed by atoms with Gasteiger partial charge >= 0.3 is 0 Å². The highest BCUT2D eigenvalue weighted by Crippen LogP contribution is 2.19. The molecule has 1 amide bonds. The summed E-state index contributed by atoms with van der Waals surface area (Å²) in [4.78, 5) is 12.3. The third kappa shape index (κ3) is 3.32. The average molecular weight is 304 g/mol. The highest BCUT2D eigenvalue weighted by molar-refractivity contribution is 6.31. The van der Waals surface area contributed by atoms with Gasteiger partial charge in [-0.25, -0.2) is 0 Å². The number of benzene rings is 2.